The maximum atomic E-state index is 11.3. The lowest BCUT2D eigenvalue weighted by Gasteiger charge is -2.37. The largest absolute Gasteiger partial charge is 0.356 e. The summed E-state index contributed by atoms with van der Waals surface area (Å²) < 4.78 is 0. The number of hydrogen-bond donors (Lipinski definition) is 2. The Morgan fingerprint density at radius 1 is 1.35 bits per heavy atom. The number of piperazine rings is 1. The van der Waals surface area contributed by atoms with Gasteiger partial charge in [-0.1, -0.05) is 0 Å². The van der Waals surface area contributed by atoms with Crippen molar-refractivity contribution >= 4 is 5.91 Å². The van der Waals surface area contributed by atoms with Crippen LogP contribution < -0.4 is 11.1 Å². The molecular formula is C12H26N4O. The lowest BCUT2D eigenvalue weighted by molar-refractivity contribution is -0.121. The van der Waals surface area contributed by atoms with E-state index >= 15 is 0 Å². The Morgan fingerprint density at radius 3 is 2.53 bits per heavy atom. The normalized spacial score (nSPS) is 20.2. The molecule has 1 heterocycles. The molecular weight excluding hydrogens is 216 g/mol. The van der Waals surface area contributed by atoms with Crippen molar-refractivity contribution in [2.45, 2.75) is 26.3 Å². The number of carbonyl (C=O) groups is 1. The molecule has 17 heavy (non-hydrogen) atoms. The Kier molecular flexibility index (Phi) is 6.47. The van der Waals surface area contributed by atoms with E-state index in [2.05, 4.69) is 22.0 Å². The van der Waals surface area contributed by atoms with Crippen LogP contribution in [0.1, 0.15) is 20.3 Å². The van der Waals surface area contributed by atoms with Crippen molar-refractivity contribution in [1.82, 2.24) is 15.1 Å². The average Bonchev–Trinajstić information content (AvgIpc) is 2.36. The molecule has 0 saturated carbocycles. The average molecular weight is 242 g/mol. The molecule has 0 aromatic carbocycles. The molecule has 100 valence electrons. The predicted molar refractivity (Wildman–Crippen MR) is 69.8 cm³/mol. The highest BCUT2D eigenvalue weighted by Crippen LogP contribution is 2.05. The first-order chi connectivity index (χ1) is 8.17. The summed E-state index contributed by atoms with van der Waals surface area (Å²) in [6.45, 7) is 10.7. The summed E-state index contributed by atoms with van der Waals surface area (Å²) in [4.78, 5) is 16.1. The van der Waals surface area contributed by atoms with Crippen LogP contribution in [0.4, 0.5) is 0 Å². The zero-order chi connectivity index (χ0) is 12.7. The minimum Gasteiger partial charge on any atom is -0.356 e. The van der Waals surface area contributed by atoms with Gasteiger partial charge in [-0.3, -0.25) is 9.69 Å². The number of nitrogens with zero attached hydrogens (tertiary/aromatic N) is 2. The van der Waals surface area contributed by atoms with Gasteiger partial charge in [0.1, 0.15) is 0 Å². The Hall–Kier alpha value is -0.650. The molecule has 0 aliphatic carbocycles. The molecule has 3 N–H and O–H groups in total. The van der Waals surface area contributed by atoms with Gasteiger partial charge < -0.3 is 16.0 Å². The third kappa shape index (κ3) is 5.02. The summed E-state index contributed by atoms with van der Waals surface area (Å²) in [6, 6.07) is 0.473. The van der Waals surface area contributed by atoms with Gasteiger partial charge in [0.25, 0.3) is 0 Å². The van der Waals surface area contributed by atoms with Crippen LogP contribution in [0.2, 0.25) is 0 Å². The van der Waals surface area contributed by atoms with Crippen molar-refractivity contribution in [3.63, 3.8) is 0 Å². The third-order valence-electron chi connectivity index (χ3n) is 3.40. The summed E-state index contributed by atoms with van der Waals surface area (Å²) in [5.41, 5.74) is 5.66. The van der Waals surface area contributed by atoms with E-state index in [1.807, 2.05) is 6.92 Å². The molecule has 1 atom stereocenters. The van der Waals surface area contributed by atoms with E-state index in [-0.39, 0.29) is 5.91 Å². The van der Waals surface area contributed by atoms with Crippen molar-refractivity contribution in [2.24, 2.45) is 5.73 Å². The monoisotopic (exact) mass is 242 g/mol. The van der Waals surface area contributed by atoms with Crippen molar-refractivity contribution < 1.29 is 4.79 Å². The van der Waals surface area contributed by atoms with Crippen LogP contribution >= 0.6 is 0 Å². The van der Waals surface area contributed by atoms with Gasteiger partial charge in [0.05, 0.1) is 0 Å². The zero-order valence-corrected chi connectivity index (χ0v) is 11.1. The molecule has 0 spiro atoms. The fourth-order valence-corrected chi connectivity index (χ4v) is 2.12. The number of amides is 1. The van der Waals surface area contributed by atoms with Gasteiger partial charge in [-0.2, -0.15) is 0 Å². The molecule has 1 aliphatic heterocycles. The smallest absolute Gasteiger partial charge is 0.221 e. The Labute approximate surface area is 104 Å². The molecule has 1 unspecified atom stereocenters. The number of hydrogen-bond acceptors (Lipinski definition) is 4. The molecule has 5 heteroatoms. The minimum absolute atomic E-state index is 0.158. The topological polar surface area (TPSA) is 61.6 Å². The van der Waals surface area contributed by atoms with E-state index in [0.29, 0.717) is 12.5 Å². The Morgan fingerprint density at radius 2 is 2.00 bits per heavy atom. The van der Waals surface area contributed by atoms with Crippen molar-refractivity contribution in [2.75, 3.05) is 45.8 Å². The van der Waals surface area contributed by atoms with Gasteiger partial charge in [0.2, 0.25) is 5.91 Å². The second-order valence-electron chi connectivity index (χ2n) is 4.67. The predicted octanol–water partition coefficient (Wildman–Crippen LogP) is -0.523. The van der Waals surface area contributed by atoms with Gasteiger partial charge in [-0.25, -0.2) is 0 Å². The quantitative estimate of drug-likeness (QED) is 0.658. The molecule has 0 radical (unpaired) electrons. The number of nitrogens with one attached hydrogen (secondary N) is 1. The van der Waals surface area contributed by atoms with E-state index in [9.17, 15) is 4.79 Å². The van der Waals surface area contributed by atoms with Crippen molar-refractivity contribution in [1.29, 1.82) is 0 Å². The highest BCUT2D eigenvalue weighted by atomic mass is 16.1. The molecule has 1 rings (SSSR count). The van der Waals surface area contributed by atoms with Crippen LogP contribution in [0.15, 0.2) is 0 Å². The highest BCUT2D eigenvalue weighted by Gasteiger charge is 2.20. The lowest BCUT2D eigenvalue weighted by atomic mass is 10.2. The van der Waals surface area contributed by atoms with E-state index in [0.717, 1.165) is 45.8 Å². The van der Waals surface area contributed by atoms with E-state index in [4.69, 9.17) is 5.73 Å². The molecule has 1 saturated heterocycles. The second-order valence-corrected chi connectivity index (χ2v) is 4.67. The van der Waals surface area contributed by atoms with Crippen molar-refractivity contribution in [3.8, 4) is 0 Å². The maximum Gasteiger partial charge on any atom is 0.221 e. The maximum absolute atomic E-state index is 11.3. The van der Waals surface area contributed by atoms with E-state index in [1.165, 1.54) is 0 Å². The first-order valence-corrected chi connectivity index (χ1v) is 6.60. The first kappa shape index (κ1) is 14.4. The SMILES string of the molecule is CCNC(=O)CCN1CCN(C(C)CN)CC1. The zero-order valence-electron chi connectivity index (χ0n) is 11.1. The fraction of sp³-hybridized carbons (Fsp3) is 0.917. The Balaban J connectivity index is 2.17. The first-order valence-electron chi connectivity index (χ1n) is 6.60. The molecule has 1 aliphatic rings. The second kappa shape index (κ2) is 7.63. The van der Waals surface area contributed by atoms with Crippen LogP contribution in [-0.4, -0.2) is 67.6 Å². The van der Waals surface area contributed by atoms with Gasteiger partial charge in [-0.05, 0) is 13.8 Å². The molecule has 0 aromatic rings. The molecule has 0 bridgehead atoms. The van der Waals surface area contributed by atoms with Crippen molar-refractivity contribution in [3.05, 3.63) is 0 Å². The number of nitrogens with two attached hydrogens (primary N) is 1. The minimum atomic E-state index is 0.158. The van der Waals surface area contributed by atoms with E-state index < -0.39 is 0 Å². The molecule has 1 amide bonds. The summed E-state index contributed by atoms with van der Waals surface area (Å²) >= 11 is 0. The van der Waals surface area contributed by atoms with Crippen LogP contribution in [0, 0.1) is 0 Å². The van der Waals surface area contributed by atoms with E-state index in [1.54, 1.807) is 0 Å². The van der Waals surface area contributed by atoms with Crippen LogP contribution in [0.25, 0.3) is 0 Å². The number of carbonyl (C=O) groups excluding carboxylic acids is 1. The molecule has 5 nitrogen and oxygen atoms in total. The summed E-state index contributed by atoms with van der Waals surface area (Å²) in [7, 11) is 0. The third-order valence-corrected chi connectivity index (χ3v) is 3.40. The van der Waals surface area contributed by atoms with Crippen LogP contribution in [0.5, 0.6) is 0 Å². The van der Waals surface area contributed by atoms with Crippen LogP contribution in [-0.2, 0) is 4.79 Å². The van der Waals surface area contributed by atoms with Gasteiger partial charge >= 0.3 is 0 Å². The molecule has 0 aromatic heterocycles. The lowest BCUT2D eigenvalue weighted by Crippen LogP contribution is -2.51. The Bertz CT molecular complexity index is 227. The van der Waals surface area contributed by atoms with Gasteiger partial charge in [0.15, 0.2) is 0 Å². The molecule has 1 fully saturated rings. The highest BCUT2D eigenvalue weighted by molar-refractivity contribution is 5.75. The van der Waals surface area contributed by atoms with Crippen LogP contribution in [0.3, 0.4) is 0 Å². The standard InChI is InChI=1S/C12H26N4O/c1-3-14-12(17)4-5-15-6-8-16(9-7-15)11(2)10-13/h11H,3-10,13H2,1-2H3,(H,14,17). The fourth-order valence-electron chi connectivity index (χ4n) is 2.12. The summed E-state index contributed by atoms with van der Waals surface area (Å²) in [5.74, 6) is 0.158. The number of rotatable bonds is 6. The summed E-state index contributed by atoms with van der Waals surface area (Å²) in [5, 5.41) is 2.83. The van der Waals surface area contributed by atoms with Gasteiger partial charge in [0, 0.05) is 58.3 Å². The van der Waals surface area contributed by atoms with Gasteiger partial charge in [-0.15, -0.1) is 0 Å². The summed E-state index contributed by atoms with van der Waals surface area (Å²) in [6.07, 6.45) is 0.611.